The van der Waals surface area contributed by atoms with E-state index < -0.39 is 72.4 Å². The van der Waals surface area contributed by atoms with E-state index >= 15 is 0 Å². The molecule has 1 saturated carbocycles. The SMILES string of the molecule is C=C(O)OC(C)(C)C.CC1(C)O[C@@H]2O[C@@H]([C@H]3COC(C)(C)O3)[C@@H](O)[C@@H]2O1.CC1(C)O[C@@H]2O[C@@H]([C@H]3COC(C)(C)O3)[C@@H](O)[C@@H]2O1.[CH]1[CH][CH][CH][CH]1.[Ti]. The molecule has 0 amide bonds. The van der Waals surface area contributed by atoms with Crippen LogP contribution in [0, 0.1) is 32.1 Å². The van der Waals surface area contributed by atoms with E-state index in [2.05, 4.69) is 6.58 Å². The topological polar surface area (TPSA) is 162 Å². The van der Waals surface area contributed by atoms with Crippen LogP contribution in [-0.2, 0) is 73.8 Å². The number of ether oxygens (including phenoxy) is 11. The predicted octanol–water partition coefficient (Wildman–Crippen LogP) is 3.60. The van der Waals surface area contributed by atoms with Crippen LogP contribution in [0.3, 0.4) is 0 Å². The molecule has 0 aromatic heterocycles. The van der Waals surface area contributed by atoms with E-state index in [0.717, 1.165) is 0 Å². The summed E-state index contributed by atoms with van der Waals surface area (Å²) in [6, 6.07) is 0. The summed E-state index contributed by atoms with van der Waals surface area (Å²) in [7, 11) is 0. The van der Waals surface area contributed by atoms with Gasteiger partial charge in [-0.25, -0.2) is 0 Å². The molecule has 0 spiro atoms. The number of aliphatic hydroxyl groups excluding tert-OH is 3. The summed E-state index contributed by atoms with van der Waals surface area (Å²) >= 11 is 0. The Hall–Kier alpha value is -0.426. The molecule has 5 radical (unpaired) electrons. The zero-order valence-corrected chi connectivity index (χ0v) is 32.7. The summed E-state index contributed by atoms with van der Waals surface area (Å²) in [4.78, 5) is 0. The summed E-state index contributed by atoms with van der Waals surface area (Å²) in [5.74, 6) is -2.92. The van der Waals surface area contributed by atoms with E-state index in [-0.39, 0.29) is 45.5 Å². The number of hydrogen-bond donors (Lipinski definition) is 3. The molecule has 6 aliphatic heterocycles. The number of fused-ring (bicyclic) bond motifs is 2. The molecule has 10 atom stereocenters. The van der Waals surface area contributed by atoms with Gasteiger partial charge in [-0.05, 0) is 115 Å². The third kappa shape index (κ3) is 12.3. The number of rotatable bonds is 3. The predicted molar refractivity (Wildman–Crippen MR) is 173 cm³/mol. The molecule has 7 fully saturated rings. The fourth-order valence-corrected chi connectivity index (χ4v) is 6.08. The van der Waals surface area contributed by atoms with Crippen molar-refractivity contribution in [2.24, 2.45) is 0 Å². The second-order valence-corrected chi connectivity index (χ2v) is 15.4. The first-order valence-electron chi connectivity index (χ1n) is 16.7. The maximum atomic E-state index is 10.3. The van der Waals surface area contributed by atoms with Crippen LogP contribution in [0.1, 0.15) is 76.2 Å². The summed E-state index contributed by atoms with van der Waals surface area (Å²) in [5.41, 5.74) is -0.328. The van der Waals surface area contributed by atoms with Crippen LogP contribution in [0.5, 0.6) is 0 Å². The fourth-order valence-electron chi connectivity index (χ4n) is 6.08. The third-order valence-corrected chi connectivity index (χ3v) is 7.88. The first kappa shape index (κ1) is 44.0. The molecule has 0 aromatic rings. The van der Waals surface area contributed by atoms with Gasteiger partial charge in [0.25, 0.3) is 5.95 Å². The van der Waals surface area contributed by atoms with Gasteiger partial charge < -0.3 is 67.4 Å². The number of aliphatic hydroxyl groups is 3. The molecule has 6 saturated heterocycles. The van der Waals surface area contributed by atoms with Crippen molar-refractivity contribution in [2.45, 2.75) is 166 Å². The van der Waals surface area contributed by atoms with Gasteiger partial charge >= 0.3 is 0 Å². The van der Waals surface area contributed by atoms with Gasteiger partial charge in [0, 0.05) is 21.7 Å². The summed E-state index contributed by atoms with van der Waals surface area (Å²) in [5, 5.41) is 29.0. The first-order valence-corrected chi connectivity index (χ1v) is 16.7. The second kappa shape index (κ2) is 16.9. The van der Waals surface area contributed by atoms with E-state index in [4.69, 9.17) is 57.2 Å². The first-order chi connectivity index (χ1) is 22.5. The van der Waals surface area contributed by atoms with Crippen LogP contribution in [0.25, 0.3) is 0 Å². The van der Waals surface area contributed by atoms with Crippen LogP contribution < -0.4 is 0 Å². The molecule has 7 aliphatic rings. The van der Waals surface area contributed by atoms with E-state index in [9.17, 15) is 10.2 Å². The van der Waals surface area contributed by atoms with Crippen molar-refractivity contribution in [1.29, 1.82) is 0 Å². The van der Waals surface area contributed by atoms with E-state index in [1.807, 2.05) is 80.6 Å². The Morgan fingerprint density at radius 2 is 0.940 bits per heavy atom. The summed E-state index contributed by atoms with van der Waals surface area (Å²) < 4.78 is 61.0. The van der Waals surface area contributed by atoms with Crippen molar-refractivity contribution in [3.05, 3.63) is 44.6 Å². The van der Waals surface area contributed by atoms with Crippen molar-refractivity contribution in [3.8, 4) is 0 Å². The zero-order chi connectivity index (χ0) is 36.6. The molecule has 7 rings (SSSR count). The molecule has 15 heteroatoms. The largest absolute Gasteiger partial charge is 0.481 e. The van der Waals surface area contributed by atoms with Gasteiger partial charge in [0.1, 0.15) is 54.4 Å². The summed E-state index contributed by atoms with van der Waals surface area (Å²) in [6.07, 6.45) is 4.94. The molecule has 1 aliphatic carbocycles. The number of hydrogen-bond acceptors (Lipinski definition) is 14. The van der Waals surface area contributed by atoms with Gasteiger partial charge in [-0.1, -0.05) is 0 Å². The van der Waals surface area contributed by atoms with E-state index in [0.29, 0.717) is 13.2 Å². The Bertz CT molecular complexity index is 1020. The smallest absolute Gasteiger partial charge is 0.269 e. The van der Waals surface area contributed by atoms with Gasteiger partial charge in [0.2, 0.25) is 0 Å². The van der Waals surface area contributed by atoms with E-state index in [1.165, 1.54) is 0 Å². The molecule has 6 heterocycles. The Morgan fingerprint density at radius 3 is 1.16 bits per heavy atom. The van der Waals surface area contributed by atoms with Crippen LogP contribution in [0.2, 0.25) is 0 Å². The molecular weight excluding hydrogens is 692 g/mol. The average molecular weight is 750 g/mol. The third-order valence-electron chi connectivity index (χ3n) is 7.88. The van der Waals surface area contributed by atoms with Crippen LogP contribution >= 0.6 is 0 Å². The monoisotopic (exact) mass is 749 g/mol. The van der Waals surface area contributed by atoms with Gasteiger partial charge in [0.05, 0.1) is 13.2 Å². The van der Waals surface area contributed by atoms with Crippen LogP contribution in [0.4, 0.5) is 0 Å². The molecular formula is C35H57O14Ti. The molecule has 3 N–H and O–H groups in total. The van der Waals surface area contributed by atoms with Gasteiger partial charge in [-0.3, -0.25) is 0 Å². The summed E-state index contributed by atoms with van der Waals surface area (Å²) in [6.45, 7) is 24.1. The fraction of sp³-hybridized carbons (Fsp3) is 0.800. The van der Waals surface area contributed by atoms with Crippen molar-refractivity contribution in [3.63, 3.8) is 0 Å². The van der Waals surface area contributed by atoms with Crippen molar-refractivity contribution < 1.29 is 89.1 Å². The minimum Gasteiger partial charge on any atom is -0.481 e. The second-order valence-electron chi connectivity index (χ2n) is 15.4. The van der Waals surface area contributed by atoms with Crippen molar-refractivity contribution >= 4 is 0 Å². The standard InChI is InChI=1S/2C12H20O6.C6H12O2.C5H5.Ti/c2*1-11(2)14-5-6(16-11)8-7(13)9-10(15-8)18-12(3,4)17-9;1-5(7)8-6(2,3)4;1-2-4-5-3-1;/h2*6-10,13H,5H2,1-4H3;7H,1H2,2-4H3;1-5H;/t2*6-,7-,8+,9+,10+;;;/m11.../s1. The average Bonchev–Trinajstić information content (AvgIpc) is 3.79. The zero-order valence-electron chi connectivity index (χ0n) is 31.1. The maximum Gasteiger partial charge on any atom is 0.269 e. The van der Waals surface area contributed by atoms with Crippen molar-refractivity contribution in [2.75, 3.05) is 13.2 Å². The Kier molecular flexibility index (Phi) is 14.9. The quantitative estimate of drug-likeness (QED) is 0.284. The van der Waals surface area contributed by atoms with Gasteiger partial charge in [-0.15, -0.1) is 0 Å². The van der Waals surface area contributed by atoms with E-state index in [1.54, 1.807) is 27.7 Å². The Labute approximate surface area is 312 Å². The maximum absolute atomic E-state index is 10.3. The molecule has 0 bridgehead atoms. The molecule has 0 unspecified atom stereocenters. The van der Waals surface area contributed by atoms with Crippen molar-refractivity contribution in [1.82, 2.24) is 0 Å². The van der Waals surface area contributed by atoms with Crippen LogP contribution in [-0.4, -0.2) is 119 Å². The van der Waals surface area contributed by atoms with Gasteiger partial charge in [0.15, 0.2) is 35.7 Å². The molecule has 50 heavy (non-hydrogen) atoms. The Morgan fingerprint density at radius 1 is 0.600 bits per heavy atom. The van der Waals surface area contributed by atoms with Crippen LogP contribution in [0.15, 0.2) is 12.5 Å². The molecule has 0 aromatic carbocycles. The molecule has 285 valence electrons. The normalized spacial score (nSPS) is 39.8. The minimum absolute atomic E-state index is 0. The van der Waals surface area contributed by atoms with Gasteiger partial charge in [-0.2, -0.15) is 0 Å². The minimum atomic E-state index is -0.765. The molecule has 14 nitrogen and oxygen atoms in total. The Balaban J connectivity index is 0.000000199.